The normalized spacial score (nSPS) is 9.94. The molecule has 0 radical (unpaired) electrons. The molecule has 1 aromatic rings. The van der Waals surface area contributed by atoms with Gasteiger partial charge >= 0.3 is 0 Å². The van der Waals surface area contributed by atoms with Crippen molar-refractivity contribution >= 4 is 23.5 Å². The highest BCUT2D eigenvalue weighted by Gasteiger charge is 2.06. The lowest BCUT2D eigenvalue weighted by molar-refractivity contribution is -0.126. The number of nitrogen functional groups attached to an aromatic ring is 1. The Morgan fingerprint density at radius 2 is 1.94 bits per heavy atom. The van der Waals surface area contributed by atoms with Gasteiger partial charge in [-0.05, 0) is 6.42 Å². The molecule has 1 amide bonds. The molecule has 0 aromatic carbocycles. The first kappa shape index (κ1) is 14.0. The minimum atomic E-state index is -0.0322. The van der Waals surface area contributed by atoms with Gasteiger partial charge in [-0.3, -0.25) is 4.79 Å². The molecule has 0 saturated carbocycles. The maximum atomic E-state index is 11.4. The number of nitrogens with one attached hydrogen (secondary N) is 2. The number of amides is 1. The molecule has 1 aromatic heterocycles. The number of hydrogen-bond donors (Lipinski definition) is 3. The highest BCUT2D eigenvalue weighted by molar-refractivity contribution is 5.80. The molecule has 0 atom stereocenters. The highest BCUT2D eigenvalue weighted by Crippen LogP contribution is 2.12. The Kier molecular flexibility index (Phi) is 5.16. The van der Waals surface area contributed by atoms with E-state index in [9.17, 15) is 4.79 Å². The van der Waals surface area contributed by atoms with Crippen molar-refractivity contribution in [2.24, 2.45) is 0 Å². The fourth-order valence-electron chi connectivity index (χ4n) is 1.22. The zero-order valence-electron chi connectivity index (χ0n) is 11.0. The van der Waals surface area contributed by atoms with Gasteiger partial charge in [0.2, 0.25) is 11.9 Å². The Morgan fingerprint density at radius 3 is 2.50 bits per heavy atom. The zero-order valence-corrected chi connectivity index (χ0v) is 11.0. The molecule has 0 unspecified atom stereocenters. The number of aromatic nitrogens is 2. The van der Waals surface area contributed by atoms with E-state index in [-0.39, 0.29) is 18.4 Å². The van der Waals surface area contributed by atoms with Crippen LogP contribution in [-0.4, -0.2) is 48.0 Å². The van der Waals surface area contributed by atoms with E-state index in [1.165, 1.54) is 4.90 Å². The van der Waals surface area contributed by atoms with Gasteiger partial charge in [0.25, 0.3) is 0 Å². The number of nitrogens with zero attached hydrogens (tertiary/aromatic N) is 3. The summed E-state index contributed by atoms with van der Waals surface area (Å²) < 4.78 is 0. The molecule has 0 fully saturated rings. The molecular weight excluding hydrogens is 232 g/mol. The van der Waals surface area contributed by atoms with Crippen molar-refractivity contribution in [2.75, 3.05) is 43.6 Å². The molecule has 4 N–H and O–H groups in total. The maximum Gasteiger partial charge on any atom is 0.241 e. The molecule has 18 heavy (non-hydrogen) atoms. The molecular formula is C11H20N6O. The second-order valence-corrected chi connectivity index (χ2v) is 4.07. The van der Waals surface area contributed by atoms with E-state index in [1.807, 2.05) is 0 Å². The Labute approximate surface area is 107 Å². The van der Waals surface area contributed by atoms with Crippen molar-refractivity contribution < 1.29 is 4.79 Å². The molecule has 0 aliphatic rings. The number of carbonyl (C=O) groups is 1. The number of likely N-dealkylation sites (N-methyl/N-ethyl adjacent to an activating group) is 1. The largest absolute Gasteiger partial charge is 0.370 e. The Hall–Kier alpha value is -2.05. The van der Waals surface area contributed by atoms with Crippen molar-refractivity contribution in [1.82, 2.24) is 14.9 Å². The average Bonchev–Trinajstić information content (AvgIpc) is 2.32. The van der Waals surface area contributed by atoms with Crippen LogP contribution >= 0.6 is 0 Å². The topological polar surface area (TPSA) is 96.2 Å². The lowest BCUT2D eigenvalue weighted by Gasteiger charge is -2.12. The smallest absolute Gasteiger partial charge is 0.241 e. The van der Waals surface area contributed by atoms with Gasteiger partial charge in [0.15, 0.2) is 0 Å². The van der Waals surface area contributed by atoms with Crippen LogP contribution in [0.1, 0.15) is 13.3 Å². The van der Waals surface area contributed by atoms with Crippen LogP contribution in [0.4, 0.5) is 17.6 Å². The molecule has 100 valence electrons. The van der Waals surface area contributed by atoms with Crippen LogP contribution in [0.25, 0.3) is 0 Å². The second kappa shape index (κ2) is 6.63. The minimum Gasteiger partial charge on any atom is -0.370 e. The molecule has 0 aliphatic carbocycles. The Morgan fingerprint density at radius 1 is 1.33 bits per heavy atom. The number of nitrogens with two attached hydrogens (primary N) is 1. The second-order valence-electron chi connectivity index (χ2n) is 4.07. The van der Waals surface area contributed by atoms with Gasteiger partial charge in [-0.25, -0.2) is 0 Å². The van der Waals surface area contributed by atoms with Crippen LogP contribution in [0.15, 0.2) is 6.07 Å². The standard InChI is InChI=1S/C11H20N6O/c1-4-5-13-8-6-9(16-11(12)15-8)14-7-10(18)17(2)3/h6H,4-5,7H2,1-3H3,(H4,12,13,14,15,16). The van der Waals surface area contributed by atoms with Crippen LogP contribution in [0.5, 0.6) is 0 Å². The molecule has 1 rings (SSSR count). The van der Waals surface area contributed by atoms with Gasteiger partial charge in [-0.15, -0.1) is 0 Å². The summed E-state index contributed by atoms with van der Waals surface area (Å²) in [6, 6.07) is 1.73. The summed E-state index contributed by atoms with van der Waals surface area (Å²) in [5.41, 5.74) is 5.60. The molecule has 0 saturated heterocycles. The van der Waals surface area contributed by atoms with E-state index >= 15 is 0 Å². The molecule has 0 aliphatic heterocycles. The average molecular weight is 252 g/mol. The first-order valence-corrected chi connectivity index (χ1v) is 5.85. The predicted octanol–water partition coefficient (Wildman–Crippen LogP) is 0.381. The third-order valence-electron chi connectivity index (χ3n) is 2.22. The SMILES string of the molecule is CCCNc1cc(NCC(=O)N(C)C)nc(N)n1. The first-order chi connectivity index (χ1) is 8.52. The zero-order chi connectivity index (χ0) is 13.5. The van der Waals surface area contributed by atoms with Gasteiger partial charge in [-0.1, -0.05) is 6.92 Å². The lowest BCUT2D eigenvalue weighted by atomic mass is 10.4. The van der Waals surface area contributed by atoms with Crippen molar-refractivity contribution in [3.05, 3.63) is 6.07 Å². The summed E-state index contributed by atoms with van der Waals surface area (Å²) in [6.45, 7) is 3.05. The van der Waals surface area contributed by atoms with E-state index in [2.05, 4.69) is 27.5 Å². The quantitative estimate of drug-likeness (QED) is 0.677. The monoisotopic (exact) mass is 252 g/mol. The van der Waals surface area contributed by atoms with E-state index < -0.39 is 0 Å². The summed E-state index contributed by atoms with van der Waals surface area (Å²) in [7, 11) is 3.40. The van der Waals surface area contributed by atoms with Crippen molar-refractivity contribution in [1.29, 1.82) is 0 Å². The first-order valence-electron chi connectivity index (χ1n) is 5.85. The van der Waals surface area contributed by atoms with Crippen LogP contribution in [-0.2, 0) is 4.79 Å². The van der Waals surface area contributed by atoms with E-state index in [1.54, 1.807) is 20.2 Å². The van der Waals surface area contributed by atoms with Gasteiger partial charge in [0.1, 0.15) is 11.6 Å². The number of rotatable bonds is 6. The lowest BCUT2D eigenvalue weighted by Crippen LogP contribution is -2.28. The van der Waals surface area contributed by atoms with Crippen LogP contribution in [0, 0.1) is 0 Å². The summed E-state index contributed by atoms with van der Waals surface area (Å²) in [5, 5.41) is 6.04. The van der Waals surface area contributed by atoms with E-state index in [0.29, 0.717) is 11.6 Å². The molecule has 7 heteroatoms. The Balaban J connectivity index is 2.65. The molecule has 7 nitrogen and oxygen atoms in total. The molecule has 1 heterocycles. The fourth-order valence-corrected chi connectivity index (χ4v) is 1.22. The highest BCUT2D eigenvalue weighted by atomic mass is 16.2. The molecule has 0 bridgehead atoms. The third kappa shape index (κ3) is 4.44. The third-order valence-corrected chi connectivity index (χ3v) is 2.22. The minimum absolute atomic E-state index is 0.0322. The fraction of sp³-hybridized carbons (Fsp3) is 0.545. The summed E-state index contributed by atoms with van der Waals surface area (Å²) in [5.74, 6) is 1.34. The van der Waals surface area contributed by atoms with Crippen LogP contribution < -0.4 is 16.4 Å². The van der Waals surface area contributed by atoms with Crippen molar-refractivity contribution in [3.63, 3.8) is 0 Å². The maximum absolute atomic E-state index is 11.4. The van der Waals surface area contributed by atoms with Crippen LogP contribution in [0.3, 0.4) is 0 Å². The number of carbonyl (C=O) groups excluding carboxylic acids is 1. The van der Waals surface area contributed by atoms with Gasteiger partial charge in [0.05, 0.1) is 6.54 Å². The van der Waals surface area contributed by atoms with Crippen molar-refractivity contribution in [3.8, 4) is 0 Å². The summed E-state index contributed by atoms with van der Waals surface area (Å²) >= 11 is 0. The Bertz CT molecular complexity index is 407. The number of hydrogen-bond acceptors (Lipinski definition) is 6. The van der Waals surface area contributed by atoms with E-state index in [4.69, 9.17) is 5.73 Å². The van der Waals surface area contributed by atoms with Crippen molar-refractivity contribution in [2.45, 2.75) is 13.3 Å². The predicted molar refractivity (Wildman–Crippen MR) is 72.4 cm³/mol. The summed E-state index contributed by atoms with van der Waals surface area (Å²) in [6.07, 6.45) is 0.992. The van der Waals surface area contributed by atoms with Gasteiger partial charge < -0.3 is 21.3 Å². The van der Waals surface area contributed by atoms with Crippen LogP contribution in [0.2, 0.25) is 0 Å². The molecule has 0 spiro atoms. The number of anilines is 3. The summed E-state index contributed by atoms with van der Waals surface area (Å²) in [4.78, 5) is 21.0. The van der Waals surface area contributed by atoms with E-state index in [0.717, 1.165) is 13.0 Å². The van der Waals surface area contributed by atoms with Gasteiger partial charge in [-0.2, -0.15) is 9.97 Å². The van der Waals surface area contributed by atoms with Gasteiger partial charge in [0, 0.05) is 26.7 Å².